The highest BCUT2D eigenvalue weighted by Crippen LogP contribution is 2.21. The Morgan fingerprint density at radius 2 is 2.29 bits per heavy atom. The molecule has 0 radical (unpaired) electrons. The molecule has 0 saturated carbocycles. The topological polar surface area (TPSA) is 71.3 Å². The van der Waals surface area contributed by atoms with Crippen molar-refractivity contribution >= 4 is 11.9 Å². The number of hydrogen-bond acceptors (Lipinski definition) is 5. The molecule has 2 atom stereocenters. The minimum Gasteiger partial charge on any atom is -0.338 e. The number of likely N-dealkylation sites (N-methyl/N-ethyl adjacent to an activating group) is 1. The van der Waals surface area contributed by atoms with Crippen molar-refractivity contribution < 1.29 is 9.32 Å². The number of carbonyl (C=O) groups excluding carboxylic acids is 1. The average molecular weight is 238 g/mol. The van der Waals surface area contributed by atoms with Crippen LogP contribution in [-0.2, 0) is 4.79 Å². The SMILES string of the molecule is CNC1C(=O)N(c2noc(C)n2)CCCC1C. The summed E-state index contributed by atoms with van der Waals surface area (Å²) in [7, 11) is 1.81. The number of hydrogen-bond donors (Lipinski definition) is 1. The molecule has 6 heteroatoms. The molecule has 0 aromatic carbocycles. The lowest BCUT2D eigenvalue weighted by atomic mass is 9.98. The van der Waals surface area contributed by atoms with Crippen LogP contribution in [0.2, 0.25) is 0 Å². The van der Waals surface area contributed by atoms with E-state index in [1.54, 1.807) is 11.8 Å². The van der Waals surface area contributed by atoms with Crippen LogP contribution in [0, 0.1) is 12.8 Å². The molecule has 0 aliphatic carbocycles. The normalized spacial score (nSPS) is 26.1. The minimum absolute atomic E-state index is 0.0262. The first kappa shape index (κ1) is 12.0. The van der Waals surface area contributed by atoms with Crippen molar-refractivity contribution in [1.29, 1.82) is 0 Å². The Labute approximate surface area is 100 Å². The first-order chi connectivity index (χ1) is 8.13. The molecule has 1 aromatic rings. The minimum atomic E-state index is -0.170. The highest BCUT2D eigenvalue weighted by atomic mass is 16.5. The smallest absolute Gasteiger partial charge is 0.272 e. The number of nitrogens with one attached hydrogen (secondary N) is 1. The number of anilines is 1. The fourth-order valence-corrected chi connectivity index (χ4v) is 2.26. The van der Waals surface area contributed by atoms with Gasteiger partial charge in [0, 0.05) is 13.5 Å². The molecule has 6 nitrogen and oxygen atoms in total. The standard InChI is InChI=1S/C11H18N4O2/c1-7-5-4-6-15(10(16)9(7)12-3)11-13-8(2)17-14-11/h7,9,12H,4-6H2,1-3H3. The second-order valence-corrected chi connectivity index (χ2v) is 4.49. The van der Waals surface area contributed by atoms with E-state index in [9.17, 15) is 4.79 Å². The second kappa shape index (κ2) is 4.83. The predicted molar refractivity (Wildman–Crippen MR) is 62.6 cm³/mol. The van der Waals surface area contributed by atoms with Crippen molar-refractivity contribution in [3.8, 4) is 0 Å². The second-order valence-electron chi connectivity index (χ2n) is 4.49. The molecule has 2 unspecified atom stereocenters. The summed E-state index contributed by atoms with van der Waals surface area (Å²) in [5.74, 6) is 1.21. The Morgan fingerprint density at radius 3 is 2.88 bits per heavy atom. The molecule has 1 saturated heterocycles. The summed E-state index contributed by atoms with van der Waals surface area (Å²) in [4.78, 5) is 18.1. The van der Waals surface area contributed by atoms with Crippen LogP contribution >= 0.6 is 0 Å². The number of carbonyl (C=O) groups is 1. The fraction of sp³-hybridized carbons (Fsp3) is 0.727. The van der Waals surface area contributed by atoms with Gasteiger partial charge in [-0.05, 0) is 31.0 Å². The molecular weight excluding hydrogens is 220 g/mol. The molecule has 1 amide bonds. The molecule has 94 valence electrons. The van der Waals surface area contributed by atoms with Crippen LogP contribution in [0.5, 0.6) is 0 Å². The maximum Gasteiger partial charge on any atom is 0.272 e. The number of amides is 1. The van der Waals surface area contributed by atoms with E-state index in [1.165, 1.54) is 0 Å². The highest BCUT2D eigenvalue weighted by molar-refractivity contribution is 5.96. The van der Waals surface area contributed by atoms with Crippen LogP contribution in [-0.4, -0.2) is 35.7 Å². The Morgan fingerprint density at radius 1 is 1.53 bits per heavy atom. The first-order valence-corrected chi connectivity index (χ1v) is 5.92. The van der Waals surface area contributed by atoms with E-state index in [0.717, 1.165) is 12.8 Å². The summed E-state index contributed by atoms with van der Waals surface area (Å²) in [6.07, 6.45) is 1.98. The van der Waals surface area contributed by atoms with Gasteiger partial charge < -0.3 is 9.84 Å². The van der Waals surface area contributed by atoms with Crippen molar-refractivity contribution in [2.75, 3.05) is 18.5 Å². The Kier molecular flexibility index (Phi) is 3.42. The van der Waals surface area contributed by atoms with E-state index in [-0.39, 0.29) is 11.9 Å². The predicted octanol–water partition coefficient (Wildman–Crippen LogP) is 0.729. The molecule has 1 N–H and O–H groups in total. The third-order valence-electron chi connectivity index (χ3n) is 3.21. The Balaban J connectivity index is 2.25. The molecule has 17 heavy (non-hydrogen) atoms. The maximum atomic E-state index is 12.3. The first-order valence-electron chi connectivity index (χ1n) is 5.92. The zero-order chi connectivity index (χ0) is 12.4. The summed E-state index contributed by atoms with van der Waals surface area (Å²) in [5.41, 5.74) is 0. The molecule has 2 heterocycles. The van der Waals surface area contributed by atoms with Crippen molar-refractivity contribution in [2.24, 2.45) is 5.92 Å². The van der Waals surface area contributed by atoms with Gasteiger partial charge in [-0.15, -0.1) is 0 Å². The van der Waals surface area contributed by atoms with Crippen LogP contribution in [0.1, 0.15) is 25.7 Å². The van der Waals surface area contributed by atoms with Crippen LogP contribution in [0.3, 0.4) is 0 Å². The summed E-state index contributed by atoms with van der Waals surface area (Å²) in [6, 6.07) is -0.170. The van der Waals surface area contributed by atoms with E-state index >= 15 is 0 Å². The van der Waals surface area contributed by atoms with Crippen LogP contribution < -0.4 is 10.2 Å². The molecule has 1 fully saturated rings. The summed E-state index contributed by atoms with van der Waals surface area (Å²) in [5, 5.41) is 6.89. The lowest BCUT2D eigenvalue weighted by Gasteiger charge is -2.23. The number of nitrogens with zero attached hydrogens (tertiary/aromatic N) is 3. The largest absolute Gasteiger partial charge is 0.338 e. The van der Waals surface area contributed by atoms with Gasteiger partial charge in [0.1, 0.15) is 0 Å². The molecule has 1 aliphatic rings. The van der Waals surface area contributed by atoms with Gasteiger partial charge in [0.15, 0.2) is 0 Å². The summed E-state index contributed by atoms with van der Waals surface area (Å²) < 4.78 is 4.93. The lowest BCUT2D eigenvalue weighted by Crippen LogP contribution is -2.47. The number of aryl methyl sites for hydroxylation is 1. The summed E-state index contributed by atoms with van der Waals surface area (Å²) >= 11 is 0. The van der Waals surface area contributed by atoms with Gasteiger partial charge in [-0.1, -0.05) is 6.92 Å². The van der Waals surface area contributed by atoms with Crippen molar-refractivity contribution in [3.63, 3.8) is 0 Å². The monoisotopic (exact) mass is 238 g/mol. The van der Waals surface area contributed by atoms with Crippen molar-refractivity contribution in [1.82, 2.24) is 15.5 Å². The molecule has 0 spiro atoms. The molecular formula is C11H18N4O2. The third kappa shape index (κ3) is 2.31. The quantitative estimate of drug-likeness (QED) is 0.822. The maximum absolute atomic E-state index is 12.3. The molecule has 1 aromatic heterocycles. The van der Waals surface area contributed by atoms with Gasteiger partial charge in [-0.2, -0.15) is 4.98 Å². The number of aromatic nitrogens is 2. The van der Waals surface area contributed by atoms with Gasteiger partial charge in [0.2, 0.25) is 11.8 Å². The van der Waals surface area contributed by atoms with Gasteiger partial charge in [-0.3, -0.25) is 9.69 Å². The average Bonchev–Trinajstić information content (AvgIpc) is 2.65. The van der Waals surface area contributed by atoms with Crippen molar-refractivity contribution in [2.45, 2.75) is 32.7 Å². The van der Waals surface area contributed by atoms with Crippen LogP contribution in [0.4, 0.5) is 5.95 Å². The van der Waals surface area contributed by atoms with Gasteiger partial charge in [-0.25, -0.2) is 0 Å². The zero-order valence-corrected chi connectivity index (χ0v) is 10.4. The summed E-state index contributed by atoms with van der Waals surface area (Å²) in [6.45, 7) is 4.46. The highest BCUT2D eigenvalue weighted by Gasteiger charge is 2.33. The lowest BCUT2D eigenvalue weighted by molar-refractivity contribution is -0.121. The number of rotatable bonds is 2. The van der Waals surface area contributed by atoms with Gasteiger partial charge in [0.25, 0.3) is 5.95 Å². The fourth-order valence-electron chi connectivity index (χ4n) is 2.26. The Hall–Kier alpha value is -1.43. The van der Waals surface area contributed by atoms with Gasteiger partial charge in [0.05, 0.1) is 6.04 Å². The molecule has 1 aliphatic heterocycles. The van der Waals surface area contributed by atoms with E-state index < -0.39 is 0 Å². The molecule has 2 rings (SSSR count). The third-order valence-corrected chi connectivity index (χ3v) is 3.21. The van der Waals surface area contributed by atoms with Gasteiger partial charge >= 0.3 is 0 Å². The van der Waals surface area contributed by atoms with Crippen LogP contribution in [0.15, 0.2) is 4.52 Å². The van der Waals surface area contributed by atoms with E-state index in [1.807, 2.05) is 7.05 Å². The zero-order valence-electron chi connectivity index (χ0n) is 10.4. The van der Waals surface area contributed by atoms with E-state index in [4.69, 9.17) is 4.52 Å². The Bertz CT molecular complexity index is 404. The van der Waals surface area contributed by atoms with E-state index in [0.29, 0.717) is 24.3 Å². The van der Waals surface area contributed by atoms with E-state index in [2.05, 4.69) is 22.4 Å². The van der Waals surface area contributed by atoms with Crippen LogP contribution in [0.25, 0.3) is 0 Å². The molecule has 0 bridgehead atoms. The van der Waals surface area contributed by atoms with Crippen molar-refractivity contribution in [3.05, 3.63) is 5.89 Å².